The molecule has 1 rings (SSSR count). The normalized spacial score (nSPS) is 12.0. The molecule has 8 heteroatoms. The lowest BCUT2D eigenvalue weighted by Gasteiger charge is -2.25. The summed E-state index contributed by atoms with van der Waals surface area (Å²) in [5, 5.41) is 19.8. The van der Waals surface area contributed by atoms with Gasteiger partial charge in [-0.1, -0.05) is 18.2 Å². The molecule has 0 fully saturated rings. The molecule has 1 aromatic rings. The van der Waals surface area contributed by atoms with Crippen molar-refractivity contribution in [1.29, 1.82) is 0 Å². The Bertz CT molecular complexity index is 586. The maximum Gasteiger partial charge on any atom is 0.273 e. The van der Waals surface area contributed by atoms with Crippen LogP contribution in [0.15, 0.2) is 24.3 Å². The fraction of sp³-hybridized carbons (Fsp3) is 0.538. The number of hydrogen-bond donors (Lipinski definition) is 1. The molecular weight excluding hydrogens is 296 g/mol. The Labute approximate surface area is 124 Å². The number of benzene rings is 1. The van der Waals surface area contributed by atoms with Crippen LogP contribution < -0.4 is 0 Å². The van der Waals surface area contributed by atoms with E-state index in [-0.39, 0.29) is 30.4 Å². The first kappa shape index (κ1) is 17.5. The van der Waals surface area contributed by atoms with Crippen molar-refractivity contribution in [2.75, 3.05) is 13.2 Å². The zero-order chi connectivity index (χ0) is 16.0. The van der Waals surface area contributed by atoms with Crippen LogP contribution in [0.25, 0.3) is 0 Å². The molecule has 118 valence electrons. The lowest BCUT2D eigenvalue weighted by Crippen LogP contribution is -2.38. The predicted octanol–water partition coefficient (Wildman–Crippen LogP) is 1.52. The second-order valence-electron chi connectivity index (χ2n) is 4.92. The highest BCUT2D eigenvalue weighted by atomic mass is 32.2. The monoisotopic (exact) mass is 316 g/mol. The van der Waals surface area contributed by atoms with Crippen molar-refractivity contribution >= 4 is 15.7 Å². The highest BCUT2D eigenvalue weighted by Crippen LogP contribution is 2.22. The molecule has 0 atom stereocenters. The van der Waals surface area contributed by atoms with Crippen LogP contribution in [0.1, 0.15) is 25.8 Å². The summed E-state index contributed by atoms with van der Waals surface area (Å²) >= 11 is 0. The standard InChI is InChI=1S/C13H20N2O5S/c1-11(2)14(8-5-9-16)21(19,20)10-12-6-3-4-7-13(12)15(17)18/h3-4,6-7,11,16H,5,8-10H2,1-2H3. The largest absolute Gasteiger partial charge is 0.396 e. The summed E-state index contributed by atoms with van der Waals surface area (Å²) in [4.78, 5) is 10.4. The number of sulfonamides is 1. The van der Waals surface area contributed by atoms with Crippen LogP contribution >= 0.6 is 0 Å². The number of aliphatic hydroxyl groups excluding tert-OH is 1. The third kappa shape index (κ3) is 4.76. The first-order chi connectivity index (χ1) is 9.79. The molecule has 0 saturated carbocycles. The summed E-state index contributed by atoms with van der Waals surface area (Å²) in [7, 11) is -3.69. The van der Waals surface area contributed by atoms with Gasteiger partial charge in [0.15, 0.2) is 0 Å². The summed E-state index contributed by atoms with van der Waals surface area (Å²) in [5.74, 6) is -0.423. The Kier molecular flexibility index (Phi) is 6.25. The molecule has 0 radical (unpaired) electrons. The van der Waals surface area contributed by atoms with Crippen molar-refractivity contribution in [2.45, 2.75) is 32.1 Å². The number of para-hydroxylation sites is 1. The minimum absolute atomic E-state index is 0.107. The number of aliphatic hydroxyl groups is 1. The number of nitrogens with zero attached hydrogens (tertiary/aromatic N) is 2. The SMILES string of the molecule is CC(C)N(CCCO)S(=O)(=O)Cc1ccccc1[N+](=O)[O-]. The van der Waals surface area contributed by atoms with Crippen LogP contribution in [0, 0.1) is 10.1 Å². The van der Waals surface area contributed by atoms with Crippen molar-refractivity contribution in [3.63, 3.8) is 0 Å². The van der Waals surface area contributed by atoms with Gasteiger partial charge in [0.25, 0.3) is 5.69 Å². The Morgan fingerprint density at radius 3 is 2.48 bits per heavy atom. The highest BCUT2D eigenvalue weighted by molar-refractivity contribution is 7.88. The molecule has 0 spiro atoms. The molecule has 21 heavy (non-hydrogen) atoms. The molecule has 0 aliphatic rings. The van der Waals surface area contributed by atoms with Gasteiger partial charge >= 0.3 is 0 Å². The van der Waals surface area contributed by atoms with Gasteiger partial charge in [0.2, 0.25) is 10.0 Å². The Morgan fingerprint density at radius 2 is 1.95 bits per heavy atom. The van der Waals surface area contributed by atoms with Gasteiger partial charge in [-0.3, -0.25) is 10.1 Å². The zero-order valence-corrected chi connectivity index (χ0v) is 12.9. The summed E-state index contributed by atoms with van der Waals surface area (Å²) in [6, 6.07) is 5.54. The predicted molar refractivity (Wildman–Crippen MR) is 79.3 cm³/mol. The van der Waals surface area contributed by atoms with Gasteiger partial charge in [0, 0.05) is 30.8 Å². The fourth-order valence-electron chi connectivity index (χ4n) is 2.04. The van der Waals surface area contributed by atoms with Gasteiger partial charge < -0.3 is 5.11 Å². The number of nitro groups is 1. The van der Waals surface area contributed by atoms with Crippen molar-refractivity contribution < 1.29 is 18.4 Å². The van der Waals surface area contributed by atoms with E-state index < -0.39 is 20.7 Å². The molecule has 0 aromatic heterocycles. The van der Waals surface area contributed by atoms with Gasteiger partial charge in [-0.2, -0.15) is 4.31 Å². The number of rotatable bonds is 8. The molecule has 0 amide bonds. The Hall–Kier alpha value is -1.51. The quantitative estimate of drug-likeness (QED) is 0.579. The second-order valence-corrected chi connectivity index (χ2v) is 6.85. The summed E-state index contributed by atoms with van der Waals surface area (Å²) < 4.78 is 26.2. The lowest BCUT2D eigenvalue weighted by molar-refractivity contribution is -0.385. The average molecular weight is 316 g/mol. The molecule has 7 nitrogen and oxygen atoms in total. The van der Waals surface area contributed by atoms with Crippen LogP contribution in [-0.2, 0) is 15.8 Å². The van der Waals surface area contributed by atoms with E-state index in [9.17, 15) is 18.5 Å². The number of nitro benzene ring substituents is 1. The van der Waals surface area contributed by atoms with E-state index in [4.69, 9.17) is 5.11 Å². The van der Waals surface area contributed by atoms with Crippen LogP contribution in [0.3, 0.4) is 0 Å². The summed E-state index contributed by atoms with van der Waals surface area (Å²) in [5.41, 5.74) is -0.0379. The van der Waals surface area contributed by atoms with Gasteiger partial charge in [-0.25, -0.2) is 8.42 Å². The number of hydrogen-bond acceptors (Lipinski definition) is 5. The molecule has 0 aliphatic carbocycles. The fourth-order valence-corrected chi connectivity index (χ4v) is 3.89. The molecule has 0 unspecified atom stereocenters. The minimum Gasteiger partial charge on any atom is -0.396 e. The van der Waals surface area contributed by atoms with Crippen molar-refractivity contribution in [3.8, 4) is 0 Å². The highest BCUT2D eigenvalue weighted by Gasteiger charge is 2.27. The van der Waals surface area contributed by atoms with Gasteiger partial charge in [0.1, 0.15) is 0 Å². The van der Waals surface area contributed by atoms with E-state index in [1.165, 1.54) is 22.5 Å². The third-order valence-corrected chi connectivity index (χ3v) is 4.99. The van der Waals surface area contributed by atoms with E-state index in [2.05, 4.69) is 0 Å². The van der Waals surface area contributed by atoms with Crippen LogP contribution in [0.4, 0.5) is 5.69 Å². The van der Waals surface area contributed by atoms with E-state index in [1.807, 2.05) is 0 Å². The smallest absolute Gasteiger partial charge is 0.273 e. The van der Waals surface area contributed by atoms with E-state index in [0.29, 0.717) is 6.42 Å². The topological polar surface area (TPSA) is 101 Å². The molecule has 0 heterocycles. The molecule has 1 N–H and O–H groups in total. The maximum atomic E-state index is 12.4. The van der Waals surface area contributed by atoms with Crippen molar-refractivity contribution in [2.24, 2.45) is 0 Å². The summed E-state index contributed by atoms with van der Waals surface area (Å²) in [6.45, 7) is 3.55. The first-order valence-corrected chi connectivity index (χ1v) is 8.23. The maximum absolute atomic E-state index is 12.4. The summed E-state index contributed by atoms with van der Waals surface area (Å²) in [6.07, 6.45) is 0.328. The van der Waals surface area contributed by atoms with E-state index >= 15 is 0 Å². The first-order valence-electron chi connectivity index (χ1n) is 6.62. The Morgan fingerprint density at radius 1 is 1.33 bits per heavy atom. The second kappa shape index (κ2) is 7.48. The van der Waals surface area contributed by atoms with Gasteiger partial charge in [0.05, 0.1) is 10.7 Å². The lowest BCUT2D eigenvalue weighted by atomic mass is 10.2. The van der Waals surface area contributed by atoms with Crippen LogP contribution in [0.2, 0.25) is 0 Å². The van der Waals surface area contributed by atoms with Crippen molar-refractivity contribution in [1.82, 2.24) is 4.31 Å². The molecule has 0 bridgehead atoms. The molecular formula is C13H20N2O5S. The minimum atomic E-state index is -3.69. The van der Waals surface area contributed by atoms with E-state index in [0.717, 1.165) is 0 Å². The zero-order valence-electron chi connectivity index (χ0n) is 12.1. The molecule has 0 saturated heterocycles. The van der Waals surface area contributed by atoms with Gasteiger partial charge in [-0.05, 0) is 20.3 Å². The third-order valence-electron chi connectivity index (χ3n) is 3.00. The van der Waals surface area contributed by atoms with Gasteiger partial charge in [-0.15, -0.1) is 0 Å². The van der Waals surface area contributed by atoms with E-state index in [1.54, 1.807) is 19.9 Å². The van der Waals surface area contributed by atoms with Crippen LogP contribution in [0.5, 0.6) is 0 Å². The molecule has 1 aromatic carbocycles. The Balaban J connectivity index is 3.06. The molecule has 0 aliphatic heterocycles. The average Bonchev–Trinajstić information content (AvgIpc) is 2.38. The van der Waals surface area contributed by atoms with Crippen molar-refractivity contribution in [3.05, 3.63) is 39.9 Å². The van der Waals surface area contributed by atoms with Crippen LogP contribution in [-0.4, -0.2) is 41.9 Å².